The summed E-state index contributed by atoms with van der Waals surface area (Å²) in [5.74, 6) is 6.60. The van der Waals surface area contributed by atoms with E-state index in [-0.39, 0.29) is 50.8 Å². The molecule has 0 saturated heterocycles. The van der Waals surface area contributed by atoms with Crippen molar-refractivity contribution < 1.29 is 47.0 Å². The van der Waals surface area contributed by atoms with Gasteiger partial charge in [-0.3, -0.25) is 0 Å². The zero-order valence-electron chi connectivity index (χ0n) is 47.2. The lowest BCUT2D eigenvalue weighted by Crippen LogP contribution is -2.34. The SMILES string of the molecule is CCCCCC1c2cc3c4c(C)c2OCOc2c1cc1c(c2C)OCOc2c(cc5c(c2C[n+]2ccc(-c6cc[n+](C)cc6)cc2)OCOc2c(cc(c(c2C)OCO4)C3CCCCC)C5CCCCC)C1CCCCC. The minimum atomic E-state index is -0.0656. The summed E-state index contributed by atoms with van der Waals surface area (Å²) in [6.45, 7) is 16.4. The van der Waals surface area contributed by atoms with Crippen molar-refractivity contribution in [2.45, 2.75) is 181 Å². The fourth-order valence-corrected chi connectivity index (χ4v) is 13.5. The van der Waals surface area contributed by atoms with Gasteiger partial charge in [-0.05, 0) is 81.8 Å². The molecule has 4 unspecified atom stereocenters. The second-order valence-corrected chi connectivity index (χ2v) is 22.5. The van der Waals surface area contributed by atoms with Crippen LogP contribution in [-0.4, -0.2) is 27.2 Å². The van der Waals surface area contributed by atoms with Gasteiger partial charge in [0.25, 0.3) is 0 Å². The van der Waals surface area contributed by atoms with Gasteiger partial charge >= 0.3 is 0 Å². The Bertz CT molecular complexity index is 2940. The van der Waals surface area contributed by atoms with E-state index in [4.69, 9.17) is 37.9 Å². The molecular weight excluding hydrogens is 961 g/mol. The maximum atomic E-state index is 7.16. The Hall–Kier alpha value is -6.42. The number of unbranched alkanes of at least 4 members (excludes halogenated alkanes) is 8. The van der Waals surface area contributed by atoms with Crippen LogP contribution in [0.2, 0.25) is 0 Å². The molecule has 5 aliphatic rings. The van der Waals surface area contributed by atoms with Gasteiger partial charge in [-0.15, -0.1) is 0 Å². The Morgan fingerprint density at radius 1 is 0.364 bits per heavy atom. The molecule has 4 aliphatic heterocycles. The number of ether oxygens (including phenoxy) is 8. The van der Waals surface area contributed by atoms with Crippen LogP contribution in [0.25, 0.3) is 11.1 Å². The number of rotatable bonds is 19. The average molecular weight is 1040 g/mol. The lowest BCUT2D eigenvalue weighted by atomic mass is 9.74. The van der Waals surface area contributed by atoms with Gasteiger partial charge in [0.15, 0.2) is 31.3 Å². The van der Waals surface area contributed by atoms with Crippen molar-refractivity contribution in [2.24, 2.45) is 7.05 Å². The van der Waals surface area contributed by atoms with Crippen LogP contribution in [0.5, 0.6) is 46.0 Å². The summed E-state index contributed by atoms with van der Waals surface area (Å²) < 4.78 is 60.3. The van der Waals surface area contributed by atoms with Crippen molar-refractivity contribution in [2.75, 3.05) is 27.2 Å². The predicted molar refractivity (Wildman–Crippen MR) is 301 cm³/mol. The summed E-state index contributed by atoms with van der Waals surface area (Å²) in [5.41, 5.74) is 15.9. The van der Waals surface area contributed by atoms with E-state index >= 15 is 0 Å². The van der Waals surface area contributed by atoms with Gasteiger partial charge in [0.1, 0.15) is 58.6 Å². The topological polar surface area (TPSA) is 81.6 Å². The molecule has 0 N–H and O–H groups in total. The zero-order chi connectivity index (χ0) is 53.2. The lowest BCUT2D eigenvalue weighted by Gasteiger charge is -2.37. The van der Waals surface area contributed by atoms with E-state index in [9.17, 15) is 0 Å². The number of nitrogens with zero attached hydrogens (tertiary/aromatic N) is 2. The first-order valence-corrected chi connectivity index (χ1v) is 29.4. The number of benzene rings is 4. The van der Waals surface area contributed by atoms with E-state index in [2.05, 4.69) is 138 Å². The second-order valence-electron chi connectivity index (χ2n) is 22.5. The van der Waals surface area contributed by atoms with Crippen LogP contribution in [0, 0.1) is 20.8 Å². The van der Waals surface area contributed by atoms with E-state index in [0.29, 0.717) is 6.54 Å². The largest absolute Gasteiger partial charge is 0.457 e. The van der Waals surface area contributed by atoms with Gasteiger partial charge in [-0.1, -0.05) is 105 Å². The highest BCUT2D eigenvalue weighted by atomic mass is 16.7. The fourth-order valence-electron chi connectivity index (χ4n) is 13.5. The summed E-state index contributed by atoms with van der Waals surface area (Å²) in [5, 5.41) is 0. The third-order valence-electron chi connectivity index (χ3n) is 17.5. The standard InChI is InChI=1S/C67H82N2O8/c1-9-13-17-21-47-51-33-52-48(22-18-14-10-2)54-35-56-50(24-20-16-12-4)58-36-57-49(23-19-15-11-3)55-34-53(47)62-43(6)64(55)74-40-76-66(57)59(37-69-31-27-46(28-32-69)45-25-29-68(8)30-26-45)67(58)77-41-75-65(56)44(7)63(54)73-39-71-61(52)42(5)60(51)70-38-72-62/h25-36,47-50H,9-24,37-41H2,1-8H3/q+2. The molecule has 8 bridgehead atoms. The van der Waals surface area contributed by atoms with Crippen molar-refractivity contribution >= 4 is 0 Å². The first-order chi connectivity index (χ1) is 37.7. The van der Waals surface area contributed by atoms with Crippen LogP contribution in [0.3, 0.4) is 0 Å². The second kappa shape index (κ2) is 23.3. The third-order valence-corrected chi connectivity index (χ3v) is 17.5. The number of pyridine rings is 2. The quantitative estimate of drug-likeness (QED) is 0.0586. The van der Waals surface area contributed by atoms with Crippen molar-refractivity contribution in [3.05, 3.63) is 140 Å². The maximum absolute atomic E-state index is 7.16. The van der Waals surface area contributed by atoms with Crippen molar-refractivity contribution in [3.63, 3.8) is 0 Å². The van der Waals surface area contributed by atoms with Crippen molar-refractivity contribution in [3.8, 4) is 57.1 Å². The first-order valence-electron chi connectivity index (χ1n) is 29.4. The summed E-state index contributed by atoms with van der Waals surface area (Å²) in [4.78, 5) is 0. The number of aromatic nitrogens is 2. The molecule has 4 aromatic carbocycles. The van der Waals surface area contributed by atoms with Gasteiger partial charge in [-0.25, -0.2) is 9.13 Å². The monoisotopic (exact) mass is 1040 g/mol. The molecule has 6 heterocycles. The Kier molecular flexibility index (Phi) is 15.9. The molecule has 0 spiro atoms. The minimum absolute atomic E-state index is 0.0239. The molecule has 1 aliphatic carbocycles. The highest BCUT2D eigenvalue weighted by Gasteiger charge is 2.41. The maximum Gasteiger partial charge on any atom is 0.230 e. The lowest BCUT2D eigenvalue weighted by molar-refractivity contribution is -0.688. The molecule has 11 rings (SSSR count). The van der Waals surface area contributed by atoms with Crippen LogP contribution >= 0.6 is 0 Å². The van der Waals surface area contributed by atoms with Gasteiger partial charge in [0.05, 0.1) is 0 Å². The van der Waals surface area contributed by atoms with E-state index in [1.165, 1.54) is 50.1 Å². The summed E-state index contributed by atoms with van der Waals surface area (Å²) in [6, 6.07) is 18.7. The number of aryl methyl sites for hydroxylation is 1. The molecule has 0 fully saturated rings. The van der Waals surface area contributed by atoms with Crippen molar-refractivity contribution in [1.29, 1.82) is 0 Å². The molecular formula is C67H82N2O8+2. The van der Waals surface area contributed by atoms with E-state index in [0.717, 1.165) is 177 Å². The Morgan fingerprint density at radius 3 is 0.909 bits per heavy atom. The fraction of sp³-hybridized carbons (Fsp3) is 0.493. The predicted octanol–water partition coefficient (Wildman–Crippen LogP) is 15.5. The summed E-state index contributed by atoms with van der Waals surface area (Å²) >= 11 is 0. The van der Waals surface area contributed by atoms with Crippen LogP contribution in [-0.2, 0) is 13.6 Å². The van der Waals surface area contributed by atoms with Gasteiger partial charge in [-0.2, -0.15) is 0 Å². The minimum Gasteiger partial charge on any atom is -0.457 e. The summed E-state index contributed by atoms with van der Waals surface area (Å²) in [6.07, 6.45) is 25.5. The molecule has 0 saturated carbocycles. The molecule has 4 atom stereocenters. The van der Waals surface area contributed by atoms with E-state index < -0.39 is 0 Å². The molecule has 0 amide bonds. The van der Waals surface area contributed by atoms with Crippen LogP contribution < -0.4 is 47.0 Å². The zero-order valence-corrected chi connectivity index (χ0v) is 47.2. The third kappa shape index (κ3) is 10.1. The molecule has 10 heteroatoms. The summed E-state index contributed by atoms with van der Waals surface area (Å²) in [7, 11) is 2.05. The van der Waals surface area contributed by atoms with Gasteiger partial charge < -0.3 is 37.9 Å². The van der Waals surface area contributed by atoms with Gasteiger partial charge in [0, 0.05) is 109 Å². The van der Waals surface area contributed by atoms with Gasteiger partial charge in [0.2, 0.25) is 27.2 Å². The Balaban J connectivity index is 1.25. The highest BCUT2D eigenvalue weighted by Crippen LogP contribution is 2.58. The normalized spacial score (nSPS) is 18.3. The van der Waals surface area contributed by atoms with Crippen LogP contribution in [0.4, 0.5) is 0 Å². The van der Waals surface area contributed by atoms with Crippen molar-refractivity contribution in [1.82, 2.24) is 0 Å². The molecule has 77 heavy (non-hydrogen) atoms. The van der Waals surface area contributed by atoms with Crippen LogP contribution in [0.1, 0.15) is 221 Å². The molecule has 10 nitrogen and oxygen atoms in total. The number of hydrogen-bond donors (Lipinski definition) is 0. The molecule has 0 radical (unpaired) electrons. The highest BCUT2D eigenvalue weighted by molar-refractivity contribution is 5.69. The van der Waals surface area contributed by atoms with E-state index in [1.54, 1.807) is 0 Å². The van der Waals surface area contributed by atoms with Crippen LogP contribution in [0.15, 0.2) is 73.3 Å². The molecule has 2 aromatic heterocycles. The van der Waals surface area contributed by atoms with E-state index in [1.807, 2.05) is 0 Å². The first kappa shape index (κ1) is 52.6. The smallest absolute Gasteiger partial charge is 0.230 e. The molecule has 6 aromatic rings. The Labute approximate surface area is 457 Å². The Morgan fingerprint density at radius 2 is 0.623 bits per heavy atom. The number of hydrogen-bond acceptors (Lipinski definition) is 8. The molecule has 406 valence electrons. The average Bonchev–Trinajstić information content (AvgIpc) is 3.43.